The maximum Gasteiger partial charge on any atom is 0.153 e. The van der Waals surface area contributed by atoms with Crippen molar-refractivity contribution in [3.63, 3.8) is 0 Å². The number of rotatable bonds is 18. The van der Waals surface area contributed by atoms with Gasteiger partial charge in [-0.15, -0.1) is 0 Å². The van der Waals surface area contributed by atoms with E-state index in [-0.39, 0.29) is 0 Å². The lowest BCUT2D eigenvalue weighted by Gasteiger charge is -2.13. The molecule has 2 aromatic carbocycles. The van der Waals surface area contributed by atoms with Crippen LogP contribution in [-0.2, 0) is 31.8 Å². The van der Waals surface area contributed by atoms with Crippen molar-refractivity contribution in [2.24, 2.45) is 0 Å². The molecule has 40 heavy (non-hydrogen) atoms. The van der Waals surface area contributed by atoms with Crippen LogP contribution in [0.4, 0.5) is 0 Å². The number of methoxy groups -OCH3 is 6. The molecule has 0 bridgehead atoms. The summed E-state index contributed by atoms with van der Waals surface area (Å²) >= 11 is 0. The van der Waals surface area contributed by atoms with Gasteiger partial charge >= 0.3 is 0 Å². The van der Waals surface area contributed by atoms with Gasteiger partial charge in [-0.3, -0.25) is 9.59 Å². The zero-order valence-corrected chi connectivity index (χ0v) is 24.7. The highest BCUT2D eigenvalue weighted by atomic mass is 16.5. The van der Waals surface area contributed by atoms with E-state index in [2.05, 4.69) is 6.07 Å². The minimum atomic E-state index is 0.503. The van der Waals surface area contributed by atoms with E-state index in [0.29, 0.717) is 42.4 Å². The van der Waals surface area contributed by atoms with E-state index in [9.17, 15) is 9.59 Å². The van der Waals surface area contributed by atoms with Crippen molar-refractivity contribution in [2.45, 2.75) is 25.7 Å². The molecule has 0 saturated heterocycles. The fourth-order valence-corrected chi connectivity index (χ4v) is 4.07. The molecule has 0 N–H and O–H groups in total. The van der Waals surface area contributed by atoms with Crippen molar-refractivity contribution in [1.29, 1.82) is 0 Å². The number of hydrogen-bond acceptors (Lipinski definition) is 8. The molecule has 0 aliphatic heterocycles. The Kier molecular flexibility index (Phi) is 18.7. The molecule has 0 saturated carbocycles. The third kappa shape index (κ3) is 12.3. The summed E-state index contributed by atoms with van der Waals surface area (Å²) in [5.41, 5.74) is 5.12. The Balaban J connectivity index is 0.000000400. The molecule has 0 aliphatic rings. The van der Waals surface area contributed by atoms with E-state index in [1.807, 2.05) is 36.4 Å². The first-order valence-corrected chi connectivity index (χ1v) is 13.1. The quantitative estimate of drug-likeness (QED) is 0.176. The van der Waals surface area contributed by atoms with Crippen molar-refractivity contribution in [3.8, 4) is 11.5 Å². The largest absolute Gasteiger partial charge is 0.496 e. The number of aldehydes is 2. The van der Waals surface area contributed by atoms with Gasteiger partial charge in [-0.05, 0) is 60.6 Å². The Labute approximate surface area is 238 Å². The molecule has 2 aromatic rings. The van der Waals surface area contributed by atoms with Crippen LogP contribution < -0.4 is 9.47 Å². The van der Waals surface area contributed by atoms with Crippen LogP contribution in [0.5, 0.6) is 11.5 Å². The molecule has 0 fully saturated rings. The maximum absolute atomic E-state index is 11.2. The van der Waals surface area contributed by atoms with Gasteiger partial charge in [0.2, 0.25) is 0 Å². The van der Waals surface area contributed by atoms with Crippen LogP contribution in [0.1, 0.15) is 55.8 Å². The third-order valence-corrected chi connectivity index (χ3v) is 5.83. The second-order valence-corrected chi connectivity index (χ2v) is 8.75. The van der Waals surface area contributed by atoms with E-state index < -0.39 is 0 Å². The molecule has 2 rings (SSSR count). The Hall–Kier alpha value is -3.30. The summed E-state index contributed by atoms with van der Waals surface area (Å²) in [6.45, 7) is 2.45. The number of benzene rings is 2. The second kappa shape index (κ2) is 21.5. The fourth-order valence-electron chi connectivity index (χ4n) is 4.07. The molecule has 8 nitrogen and oxygen atoms in total. The predicted molar refractivity (Wildman–Crippen MR) is 159 cm³/mol. The lowest BCUT2D eigenvalue weighted by molar-refractivity contribution is 0.111. The zero-order chi connectivity index (χ0) is 29.6. The number of carbonyl (C=O) groups is 2. The highest BCUT2D eigenvalue weighted by molar-refractivity contribution is 5.84. The first kappa shape index (κ1) is 34.7. The van der Waals surface area contributed by atoms with Gasteiger partial charge < -0.3 is 28.4 Å². The van der Waals surface area contributed by atoms with Crippen LogP contribution in [0.25, 0.3) is 12.2 Å². The van der Waals surface area contributed by atoms with Gasteiger partial charge in [0.1, 0.15) is 11.5 Å². The van der Waals surface area contributed by atoms with Gasteiger partial charge in [-0.25, -0.2) is 0 Å². The summed E-state index contributed by atoms with van der Waals surface area (Å²) in [6.07, 6.45) is 12.8. The predicted octanol–water partition coefficient (Wildman–Crippen LogP) is 5.49. The van der Waals surface area contributed by atoms with E-state index >= 15 is 0 Å². The minimum absolute atomic E-state index is 0.503. The number of aryl methyl sites for hydroxylation is 2. The van der Waals surface area contributed by atoms with Crippen LogP contribution in [0.2, 0.25) is 0 Å². The Morgan fingerprint density at radius 3 is 1.70 bits per heavy atom. The maximum atomic E-state index is 11.2. The molecule has 8 heteroatoms. The summed E-state index contributed by atoms with van der Waals surface area (Å²) in [4.78, 5) is 22.4. The molecule has 0 amide bonds. The van der Waals surface area contributed by atoms with E-state index in [1.165, 1.54) is 0 Å². The Morgan fingerprint density at radius 2 is 1.15 bits per heavy atom. The average Bonchev–Trinajstić information content (AvgIpc) is 2.97. The van der Waals surface area contributed by atoms with E-state index in [0.717, 1.165) is 67.1 Å². The number of hydrogen-bond donors (Lipinski definition) is 0. The summed E-state index contributed by atoms with van der Waals surface area (Å²) in [5, 5.41) is 0. The Morgan fingerprint density at radius 1 is 0.600 bits per heavy atom. The molecular weight excluding hydrogens is 512 g/mol. The van der Waals surface area contributed by atoms with Crippen molar-refractivity contribution in [2.75, 3.05) is 69.1 Å². The molecule has 0 heterocycles. The van der Waals surface area contributed by atoms with Crippen LogP contribution in [0, 0.1) is 0 Å². The third-order valence-electron chi connectivity index (χ3n) is 5.83. The molecular formula is C32H44O8. The number of carbonyl (C=O) groups excluding carboxylic acids is 2. The zero-order valence-electron chi connectivity index (χ0n) is 24.7. The van der Waals surface area contributed by atoms with Crippen LogP contribution in [-0.4, -0.2) is 81.7 Å². The first-order chi connectivity index (χ1) is 19.5. The molecule has 0 spiro atoms. The highest BCUT2D eigenvalue weighted by Gasteiger charge is 2.11. The van der Waals surface area contributed by atoms with Gasteiger partial charge in [0.15, 0.2) is 12.6 Å². The van der Waals surface area contributed by atoms with Crippen molar-refractivity contribution in [1.82, 2.24) is 0 Å². The molecule has 0 radical (unpaired) electrons. The smallest absolute Gasteiger partial charge is 0.153 e. The molecule has 0 atom stereocenters. The Bertz CT molecular complexity index is 1080. The molecule has 0 unspecified atom stereocenters. The van der Waals surface area contributed by atoms with Crippen LogP contribution >= 0.6 is 0 Å². The molecule has 0 aromatic heterocycles. The van der Waals surface area contributed by atoms with Crippen LogP contribution in [0.3, 0.4) is 0 Å². The topological polar surface area (TPSA) is 89.5 Å². The lowest BCUT2D eigenvalue weighted by atomic mass is 9.98. The molecule has 220 valence electrons. The standard InChI is InChI=1S/C16H24O4.C16H20O4/c2*1-18-8-4-6-13-10-14(7-5-9-19-2)16(20-3)15(11-13)12-17/h10-12H,4-9H2,1-3H3;4-7,10-12H,8-9H2,1-3H3. The SMILES string of the molecule is COCC=Cc1cc(C=O)c(OC)c(C=CCOC)c1.COCCCc1cc(C=O)c(OC)c(CCCOC)c1. The average molecular weight is 557 g/mol. The minimum Gasteiger partial charge on any atom is -0.496 e. The first-order valence-electron chi connectivity index (χ1n) is 13.1. The molecule has 0 aliphatic carbocycles. The van der Waals surface area contributed by atoms with Crippen molar-refractivity contribution in [3.05, 3.63) is 69.8 Å². The summed E-state index contributed by atoms with van der Waals surface area (Å²) in [5.74, 6) is 1.25. The van der Waals surface area contributed by atoms with E-state index in [4.69, 9.17) is 28.4 Å². The van der Waals surface area contributed by atoms with E-state index in [1.54, 1.807) is 48.7 Å². The monoisotopic (exact) mass is 556 g/mol. The lowest BCUT2D eigenvalue weighted by Crippen LogP contribution is -2.02. The van der Waals surface area contributed by atoms with Crippen LogP contribution in [0.15, 0.2) is 36.4 Å². The normalized spacial score (nSPS) is 10.9. The van der Waals surface area contributed by atoms with Gasteiger partial charge in [0.25, 0.3) is 0 Å². The summed E-state index contributed by atoms with van der Waals surface area (Å²) in [7, 11) is 9.80. The van der Waals surface area contributed by atoms with Crippen molar-refractivity contribution < 1.29 is 38.0 Å². The highest BCUT2D eigenvalue weighted by Crippen LogP contribution is 2.28. The fraction of sp³-hybridized carbons (Fsp3) is 0.438. The van der Waals surface area contributed by atoms with Gasteiger partial charge in [0.05, 0.1) is 38.6 Å². The van der Waals surface area contributed by atoms with Crippen molar-refractivity contribution >= 4 is 24.7 Å². The summed E-state index contributed by atoms with van der Waals surface area (Å²) in [6, 6.07) is 7.76. The number of ether oxygens (including phenoxy) is 6. The summed E-state index contributed by atoms with van der Waals surface area (Å²) < 4.78 is 30.8. The van der Waals surface area contributed by atoms with Gasteiger partial charge in [-0.2, -0.15) is 0 Å². The van der Waals surface area contributed by atoms with Gasteiger partial charge in [0, 0.05) is 47.2 Å². The second-order valence-electron chi connectivity index (χ2n) is 8.75. The van der Waals surface area contributed by atoms with Gasteiger partial charge in [-0.1, -0.05) is 30.4 Å².